The van der Waals surface area contributed by atoms with Crippen LogP contribution in [0.3, 0.4) is 0 Å². The number of hydrogen-bond acceptors (Lipinski definition) is 4. The van der Waals surface area contributed by atoms with Crippen LogP contribution in [0.1, 0.15) is 40.9 Å². The zero-order valence-corrected chi connectivity index (χ0v) is 20.4. The molecule has 0 unspecified atom stereocenters. The summed E-state index contributed by atoms with van der Waals surface area (Å²) in [5.74, 6) is -2.47. The topological polar surface area (TPSA) is 103 Å². The maximum atomic E-state index is 14.1. The number of aromatic nitrogens is 1. The molecular formula is C26H23ClF3N3O4. The number of alkyl halides is 2. The molecule has 2 heterocycles. The summed E-state index contributed by atoms with van der Waals surface area (Å²) >= 11 is 6.17. The highest BCUT2D eigenvalue weighted by molar-refractivity contribution is 6.30. The second kappa shape index (κ2) is 10.8. The monoisotopic (exact) mass is 533 g/mol. The van der Waals surface area contributed by atoms with E-state index in [1.807, 2.05) is 0 Å². The van der Waals surface area contributed by atoms with Crippen LogP contribution in [-0.2, 0) is 22.6 Å². The van der Waals surface area contributed by atoms with Crippen LogP contribution >= 0.6 is 11.6 Å². The van der Waals surface area contributed by atoms with E-state index in [4.69, 9.17) is 22.1 Å². The van der Waals surface area contributed by atoms with Crippen molar-refractivity contribution in [3.8, 4) is 11.1 Å². The molecule has 2 atom stereocenters. The van der Waals surface area contributed by atoms with E-state index in [1.165, 1.54) is 22.9 Å². The van der Waals surface area contributed by atoms with Gasteiger partial charge in [0.1, 0.15) is 18.0 Å². The van der Waals surface area contributed by atoms with Crippen LogP contribution in [-0.4, -0.2) is 28.9 Å². The van der Waals surface area contributed by atoms with Crippen molar-refractivity contribution < 1.29 is 27.5 Å². The second-order valence-electron chi connectivity index (χ2n) is 8.62. The summed E-state index contributed by atoms with van der Waals surface area (Å²) in [5, 5.41) is 2.91. The Labute approximate surface area is 215 Å². The van der Waals surface area contributed by atoms with Crippen LogP contribution in [0.5, 0.6) is 0 Å². The molecule has 1 aliphatic rings. The number of nitrogens with one attached hydrogen (secondary N) is 1. The lowest BCUT2D eigenvalue weighted by Gasteiger charge is -2.26. The highest BCUT2D eigenvalue weighted by Crippen LogP contribution is 2.34. The number of ether oxygens (including phenoxy) is 1. The summed E-state index contributed by atoms with van der Waals surface area (Å²) in [4.78, 5) is 37.5. The molecule has 7 nitrogen and oxygen atoms in total. The van der Waals surface area contributed by atoms with Crippen LogP contribution in [0.2, 0.25) is 5.02 Å². The van der Waals surface area contributed by atoms with Crippen LogP contribution in [0, 0.1) is 5.82 Å². The molecule has 1 aliphatic heterocycles. The van der Waals surface area contributed by atoms with Crippen LogP contribution < -0.4 is 16.6 Å². The molecule has 0 aliphatic carbocycles. The first-order valence-electron chi connectivity index (χ1n) is 11.4. The number of nitrogens with two attached hydrogens (primary N) is 1. The first-order valence-corrected chi connectivity index (χ1v) is 11.8. The Bertz CT molecular complexity index is 1430. The van der Waals surface area contributed by atoms with Crippen molar-refractivity contribution in [3.05, 3.63) is 86.5 Å². The SMILES string of the molecule is CC[C@@H](C(=O)Nc1ccc(C(N)=O)c(F)c1)n1cc2c(cc1=O)-c1cc(Cl)ccc1C[C@@H](C(F)F)OC2. The first-order chi connectivity index (χ1) is 17.6. The standard InChI is InChI=1S/C26H23ClF3N3O4/c1-2-21(26(36)32-16-5-6-17(25(31)35)20(28)9-16)33-11-14-12-37-22(24(29)30)7-13-3-4-15(27)8-18(13)19(14)10-23(33)34/h3-6,8-11,21-22,24H,2,7,12H2,1H3,(H2,31,35)(H,32,36)/t21-,22-/m0/s1. The molecule has 37 heavy (non-hydrogen) atoms. The molecule has 2 aromatic carbocycles. The maximum absolute atomic E-state index is 14.1. The lowest BCUT2D eigenvalue weighted by molar-refractivity contribution is -0.119. The fraction of sp³-hybridized carbons (Fsp3) is 0.269. The molecule has 0 saturated heterocycles. The highest BCUT2D eigenvalue weighted by atomic mass is 35.5. The molecule has 11 heteroatoms. The Balaban J connectivity index is 1.72. The quantitative estimate of drug-likeness (QED) is 0.479. The summed E-state index contributed by atoms with van der Waals surface area (Å²) in [6, 6.07) is 8.56. The molecule has 1 aromatic heterocycles. The van der Waals surface area contributed by atoms with E-state index in [2.05, 4.69) is 5.32 Å². The molecule has 194 valence electrons. The molecule has 0 fully saturated rings. The van der Waals surface area contributed by atoms with Gasteiger partial charge in [-0.15, -0.1) is 0 Å². The summed E-state index contributed by atoms with van der Waals surface area (Å²) in [6.07, 6.45) is -2.54. The van der Waals surface area contributed by atoms with Gasteiger partial charge in [-0.05, 0) is 53.4 Å². The molecular weight excluding hydrogens is 511 g/mol. The average Bonchev–Trinajstić information content (AvgIpc) is 2.82. The van der Waals surface area contributed by atoms with Crippen molar-refractivity contribution in [1.29, 1.82) is 0 Å². The number of fused-ring (bicyclic) bond motifs is 3. The summed E-state index contributed by atoms with van der Waals surface area (Å²) in [6.45, 7) is 1.47. The van der Waals surface area contributed by atoms with Gasteiger partial charge >= 0.3 is 0 Å². The number of halogens is 4. The molecule has 4 rings (SSSR count). The number of carbonyl (C=O) groups is 2. The minimum Gasteiger partial charge on any atom is -0.367 e. The number of pyridine rings is 1. The van der Waals surface area contributed by atoms with Crippen molar-refractivity contribution in [1.82, 2.24) is 4.57 Å². The smallest absolute Gasteiger partial charge is 0.264 e. The van der Waals surface area contributed by atoms with Gasteiger partial charge in [0, 0.05) is 35.0 Å². The Kier molecular flexibility index (Phi) is 7.70. The minimum absolute atomic E-state index is 0.0578. The van der Waals surface area contributed by atoms with Crippen LogP contribution in [0.4, 0.5) is 18.9 Å². The van der Waals surface area contributed by atoms with Crippen LogP contribution in [0.15, 0.2) is 53.5 Å². The molecule has 0 saturated carbocycles. The van der Waals surface area contributed by atoms with E-state index < -0.39 is 41.8 Å². The van der Waals surface area contributed by atoms with Gasteiger partial charge in [-0.25, -0.2) is 13.2 Å². The third-order valence-corrected chi connectivity index (χ3v) is 6.44. The van der Waals surface area contributed by atoms with Gasteiger partial charge in [0.05, 0.1) is 12.2 Å². The van der Waals surface area contributed by atoms with E-state index in [9.17, 15) is 27.6 Å². The minimum atomic E-state index is -2.73. The zero-order chi connectivity index (χ0) is 26.9. The maximum Gasteiger partial charge on any atom is 0.264 e. The van der Waals surface area contributed by atoms with Gasteiger partial charge in [-0.3, -0.25) is 14.4 Å². The Morgan fingerprint density at radius 3 is 2.54 bits per heavy atom. The van der Waals surface area contributed by atoms with E-state index >= 15 is 0 Å². The number of hydrogen-bond donors (Lipinski definition) is 2. The van der Waals surface area contributed by atoms with Crippen molar-refractivity contribution in [2.75, 3.05) is 5.32 Å². The predicted octanol–water partition coefficient (Wildman–Crippen LogP) is 4.70. The fourth-order valence-electron chi connectivity index (χ4n) is 4.34. The molecule has 0 radical (unpaired) electrons. The second-order valence-corrected chi connectivity index (χ2v) is 9.06. The summed E-state index contributed by atoms with van der Waals surface area (Å²) in [5.41, 5.74) is 6.34. The lowest BCUT2D eigenvalue weighted by Crippen LogP contribution is -2.34. The lowest BCUT2D eigenvalue weighted by atomic mass is 9.92. The van der Waals surface area contributed by atoms with Gasteiger partial charge in [-0.2, -0.15) is 0 Å². The van der Waals surface area contributed by atoms with E-state index in [0.29, 0.717) is 27.3 Å². The Hall–Kier alpha value is -3.63. The molecule has 3 aromatic rings. The fourth-order valence-corrected chi connectivity index (χ4v) is 4.51. The van der Waals surface area contributed by atoms with Gasteiger partial charge in [0.25, 0.3) is 17.9 Å². The van der Waals surface area contributed by atoms with Crippen LogP contribution in [0.25, 0.3) is 11.1 Å². The van der Waals surface area contributed by atoms with Gasteiger partial charge in [0.2, 0.25) is 5.91 Å². The average molecular weight is 534 g/mol. The third-order valence-electron chi connectivity index (χ3n) is 6.21. The van der Waals surface area contributed by atoms with E-state index in [0.717, 1.165) is 12.1 Å². The normalized spacial score (nSPS) is 15.8. The number of rotatable bonds is 6. The summed E-state index contributed by atoms with van der Waals surface area (Å²) < 4.78 is 48.0. The number of benzene rings is 2. The van der Waals surface area contributed by atoms with Gasteiger partial charge in [-0.1, -0.05) is 24.6 Å². The number of nitrogens with zero attached hydrogens (tertiary/aromatic N) is 1. The molecule has 2 amide bonds. The third kappa shape index (κ3) is 5.55. The Morgan fingerprint density at radius 2 is 1.89 bits per heavy atom. The molecule has 0 bridgehead atoms. The largest absolute Gasteiger partial charge is 0.367 e. The predicted molar refractivity (Wildman–Crippen MR) is 132 cm³/mol. The number of amides is 2. The van der Waals surface area contributed by atoms with Crippen molar-refractivity contribution in [3.63, 3.8) is 0 Å². The van der Waals surface area contributed by atoms with E-state index in [-0.39, 0.29) is 30.7 Å². The van der Waals surface area contributed by atoms with Crippen molar-refractivity contribution >= 4 is 29.1 Å². The van der Waals surface area contributed by atoms with Gasteiger partial charge < -0.3 is 20.4 Å². The summed E-state index contributed by atoms with van der Waals surface area (Å²) in [7, 11) is 0. The number of primary amides is 1. The first kappa shape index (κ1) is 26.4. The zero-order valence-electron chi connectivity index (χ0n) is 19.6. The Morgan fingerprint density at radius 1 is 1.16 bits per heavy atom. The molecule has 0 spiro atoms. The molecule has 3 N–H and O–H groups in total. The van der Waals surface area contributed by atoms with E-state index in [1.54, 1.807) is 25.1 Å². The van der Waals surface area contributed by atoms with Crippen molar-refractivity contribution in [2.24, 2.45) is 5.73 Å². The van der Waals surface area contributed by atoms with Gasteiger partial charge in [0.15, 0.2) is 0 Å². The number of carbonyl (C=O) groups excluding carboxylic acids is 2. The van der Waals surface area contributed by atoms with Crippen molar-refractivity contribution in [2.45, 2.75) is 44.9 Å². The number of anilines is 1. The highest BCUT2D eigenvalue weighted by Gasteiger charge is 2.28.